The lowest BCUT2D eigenvalue weighted by atomic mass is 9.85. The smallest absolute Gasteiger partial charge is 0.315 e. The van der Waals surface area contributed by atoms with Gasteiger partial charge in [-0.15, -0.1) is 10.2 Å². The second-order valence-corrected chi connectivity index (χ2v) is 18.5. The average Bonchev–Trinajstić information content (AvgIpc) is 4.05. The Bertz CT molecular complexity index is 1930. The Morgan fingerprint density at radius 3 is 2.38 bits per heavy atom. The number of ether oxygens (including phenoxy) is 2. The van der Waals surface area contributed by atoms with Crippen molar-refractivity contribution in [3.63, 3.8) is 0 Å². The third-order valence-electron chi connectivity index (χ3n) is 10.9. The maximum Gasteiger partial charge on any atom is 0.315 e. The first kappa shape index (κ1) is 40.2. The Morgan fingerprint density at radius 1 is 1.04 bits per heavy atom. The minimum absolute atomic E-state index is 0.0240. The molecule has 1 aromatic heterocycles. The van der Waals surface area contributed by atoms with E-state index in [2.05, 4.69) is 37.8 Å². The summed E-state index contributed by atoms with van der Waals surface area (Å²) < 4.78 is 40.2. The summed E-state index contributed by atoms with van der Waals surface area (Å²) >= 11 is 0. The van der Waals surface area contributed by atoms with E-state index < -0.39 is 74.2 Å². The fourth-order valence-electron chi connectivity index (χ4n) is 7.78. The SMILES string of the molecule is CCOc1nnc(O[C@@H]2C[C@H]3C(=O)N[C@]4(C(=O)NS(=O)(=O)C5CC5)C[C@H]4/C=C\CC[C@H](C)C[C@@H](CC)[C@H](NC(=O)NC(C)(C)C)C(=O)N3C2)c2ccccc12. The van der Waals surface area contributed by atoms with Crippen molar-refractivity contribution in [2.45, 2.75) is 127 Å². The number of benzene rings is 1. The number of nitrogens with one attached hydrogen (secondary N) is 4. The van der Waals surface area contributed by atoms with Gasteiger partial charge in [0.15, 0.2) is 0 Å². The molecule has 7 atom stereocenters. The lowest BCUT2D eigenvalue weighted by molar-refractivity contribution is -0.142. The third-order valence-corrected chi connectivity index (χ3v) is 12.7. The number of fused-ring (bicyclic) bond motifs is 3. The van der Waals surface area contributed by atoms with Gasteiger partial charge in [0.2, 0.25) is 33.6 Å². The van der Waals surface area contributed by atoms with Crippen molar-refractivity contribution < 1.29 is 37.1 Å². The quantitative estimate of drug-likeness (QED) is 0.272. The predicted molar refractivity (Wildman–Crippen MR) is 205 cm³/mol. The van der Waals surface area contributed by atoms with Gasteiger partial charge in [0.05, 0.1) is 29.2 Å². The van der Waals surface area contributed by atoms with E-state index in [4.69, 9.17) is 9.47 Å². The van der Waals surface area contributed by atoms with Crippen LogP contribution in [0.25, 0.3) is 10.8 Å². The second kappa shape index (κ2) is 15.9. The van der Waals surface area contributed by atoms with Crippen LogP contribution in [0.5, 0.6) is 11.8 Å². The van der Waals surface area contributed by atoms with E-state index in [0.29, 0.717) is 55.4 Å². The van der Waals surface area contributed by atoms with E-state index in [1.807, 2.05) is 71.0 Å². The molecule has 6 rings (SSSR count). The standard InChI is InChI=1S/C39H55N7O8S/c1-7-24-19-23(3)13-9-10-14-25-21-39(25,36(49)45-55(51,52)27-17-18-27)41-32(47)30-20-26(22-46(30)35(48)31(24)40-37(50)42-38(4,5)6)54-34-29-16-12-11-15-28(29)33(43-44-34)53-8-2/h10-12,14-16,23-27,30-31H,7-9,13,17-22H2,1-6H3,(H,41,47)(H,45,49)(H2,40,42,50)/b14-10-/t23-,24+,25+,26+,30-,31-,39+/m0/s1. The van der Waals surface area contributed by atoms with Crippen LogP contribution in [0.3, 0.4) is 0 Å². The molecule has 3 heterocycles. The van der Waals surface area contributed by atoms with Crippen molar-refractivity contribution in [3.05, 3.63) is 36.4 Å². The molecule has 2 aliphatic carbocycles. The van der Waals surface area contributed by atoms with E-state index in [9.17, 15) is 27.6 Å². The molecular weight excluding hydrogens is 727 g/mol. The second-order valence-electron chi connectivity index (χ2n) is 16.6. The van der Waals surface area contributed by atoms with Gasteiger partial charge in [-0.1, -0.05) is 44.6 Å². The maximum atomic E-state index is 14.9. The van der Waals surface area contributed by atoms with Gasteiger partial charge in [-0.25, -0.2) is 13.2 Å². The van der Waals surface area contributed by atoms with Crippen molar-refractivity contribution in [2.75, 3.05) is 13.2 Å². The highest BCUT2D eigenvalue weighted by atomic mass is 32.2. The first-order chi connectivity index (χ1) is 26.0. The van der Waals surface area contributed by atoms with Gasteiger partial charge in [0, 0.05) is 17.9 Å². The summed E-state index contributed by atoms with van der Waals surface area (Å²) in [4.78, 5) is 58.1. The number of hydrogen-bond acceptors (Lipinski definition) is 10. The molecule has 0 spiro atoms. The van der Waals surface area contributed by atoms with E-state index in [1.54, 1.807) is 0 Å². The van der Waals surface area contributed by atoms with Crippen LogP contribution in [-0.2, 0) is 24.4 Å². The molecule has 1 aromatic carbocycles. The molecule has 2 saturated carbocycles. The van der Waals surface area contributed by atoms with Gasteiger partial charge in [-0.3, -0.25) is 19.1 Å². The van der Waals surface area contributed by atoms with Crippen LogP contribution >= 0.6 is 0 Å². The zero-order chi connectivity index (χ0) is 39.7. The number of carbonyl (C=O) groups is 4. The van der Waals surface area contributed by atoms with Gasteiger partial charge in [0.25, 0.3) is 5.91 Å². The molecule has 3 fully saturated rings. The molecule has 55 heavy (non-hydrogen) atoms. The third kappa shape index (κ3) is 9.16. The molecule has 5 amide bonds. The van der Waals surface area contributed by atoms with Gasteiger partial charge in [-0.2, -0.15) is 0 Å². The maximum absolute atomic E-state index is 14.9. The number of rotatable bonds is 9. The molecular formula is C39H55N7O8S. The highest BCUT2D eigenvalue weighted by Gasteiger charge is 2.62. The molecule has 0 unspecified atom stereocenters. The number of allylic oxidation sites excluding steroid dienone is 1. The molecule has 15 nitrogen and oxygen atoms in total. The summed E-state index contributed by atoms with van der Waals surface area (Å²) in [6, 6.07) is 4.75. The van der Waals surface area contributed by atoms with Crippen LogP contribution in [-0.4, -0.2) is 94.9 Å². The monoisotopic (exact) mass is 781 g/mol. The van der Waals surface area contributed by atoms with Crippen molar-refractivity contribution in [1.82, 2.24) is 35.8 Å². The van der Waals surface area contributed by atoms with Crippen molar-refractivity contribution >= 4 is 44.5 Å². The zero-order valence-electron chi connectivity index (χ0n) is 32.6. The molecule has 4 aliphatic rings. The summed E-state index contributed by atoms with van der Waals surface area (Å²) in [5.74, 6) is -1.83. The van der Waals surface area contributed by atoms with Crippen LogP contribution in [0.1, 0.15) is 92.9 Å². The lowest BCUT2D eigenvalue weighted by Gasteiger charge is -2.34. The van der Waals surface area contributed by atoms with E-state index in [1.165, 1.54) is 4.90 Å². The van der Waals surface area contributed by atoms with Gasteiger partial charge in [0.1, 0.15) is 23.7 Å². The van der Waals surface area contributed by atoms with Crippen LogP contribution < -0.4 is 30.1 Å². The number of sulfonamides is 1. The zero-order valence-corrected chi connectivity index (χ0v) is 33.4. The van der Waals surface area contributed by atoms with E-state index in [0.717, 1.165) is 6.42 Å². The first-order valence-corrected chi connectivity index (χ1v) is 21.1. The molecule has 16 heteroatoms. The highest BCUT2D eigenvalue weighted by Crippen LogP contribution is 2.46. The van der Waals surface area contributed by atoms with Crippen molar-refractivity contribution in [3.8, 4) is 11.8 Å². The molecule has 0 bridgehead atoms. The van der Waals surface area contributed by atoms with Crippen LogP contribution in [0.15, 0.2) is 36.4 Å². The molecule has 0 radical (unpaired) electrons. The number of nitrogens with zero attached hydrogens (tertiary/aromatic N) is 3. The lowest BCUT2D eigenvalue weighted by Crippen LogP contribution is -2.60. The topological polar surface area (TPSA) is 198 Å². The molecule has 1 saturated heterocycles. The van der Waals surface area contributed by atoms with Crippen molar-refractivity contribution in [1.29, 1.82) is 0 Å². The minimum Gasteiger partial charge on any atom is -0.476 e. The Hall–Kier alpha value is -4.47. The Labute approximate surface area is 323 Å². The Kier molecular flexibility index (Phi) is 11.7. The molecule has 2 aromatic rings. The van der Waals surface area contributed by atoms with Gasteiger partial charge < -0.3 is 30.3 Å². The minimum atomic E-state index is -3.90. The molecule has 300 valence electrons. The summed E-state index contributed by atoms with van der Waals surface area (Å²) in [5, 5.41) is 18.0. The largest absolute Gasteiger partial charge is 0.476 e. The van der Waals surface area contributed by atoms with E-state index >= 15 is 0 Å². The van der Waals surface area contributed by atoms with Crippen LogP contribution in [0, 0.1) is 17.8 Å². The average molecular weight is 782 g/mol. The summed E-state index contributed by atoms with van der Waals surface area (Å²) in [7, 11) is -3.90. The normalized spacial score (nSPS) is 29.5. The van der Waals surface area contributed by atoms with Gasteiger partial charge >= 0.3 is 6.03 Å². The van der Waals surface area contributed by atoms with Crippen LogP contribution in [0.4, 0.5) is 4.79 Å². The number of carbonyl (C=O) groups excluding carboxylic acids is 4. The summed E-state index contributed by atoms with van der Waals surface area (Å²) in [5.41, 5.74) is -2.09. The van der Waals surface area contributed by atoms with Crippen molar-refractivity contribution in [2.24, 2.45) is 17.8 Å². The number of hydrogen-bond donors (Lipinski definition) is 4. The Morgan fingerprint density at radius 2 is 1.73 bits per heavy atom. The fraction of sp³-hybridized carbons (Fsp3) is 0.641. The predicted octanol–water partition coefficient (Wildman–Crippen LogP) is 3.73. The summed E-state index contributed by atoms with van der Waals surface area (Å²) in [6.07, 6.45) is 7.02. The summed E-state index contributed by atoms with van der Waals surface area (Å²) in [6.45, 7) is 11.8. The molecule has 2 aliphatic heterocycles. The fourth-order valence-corrected chi connectivity index (χ4v) is 9.14. The van der Waals surface area contributed by atoms with Crippen LogP contribution in [0.2, 0.25) is 0 Å². The first-order valence-electron chi connectivity index (χ1n) is 19.5. The Balaban J connectivity index is 1.36. The van der Waals surface area contributed by atoms with Gasteiger partial charge in [-0.05, 0) is 90.2 Å². The highest BCUT2D eigenvalue weighted by molar-refractivity contribution is 7.91. The molecule has 4 N–H and O–H groups in total. The van der Waals surface area contributed by atoms with E-state index in [-0.39, 0.29) is 37.1 Å². The number of aromatic nitrogens is 2. The number of urea groups is 1. The number of amides is 5.